The molecule has 0 N–H and O–H groups in total. The minimum Gasteiger partial charge on any atom is -0.494 e. The van der Waals surface area contributed by atoms with Gasteiger partial charge in [0.1, 0.15) is 11.0 Å². The Hall–Kier alpha value is -0.830. The van der Waals surface area contributed by atoms with Crippen molar-refractivity contribution in [1.82, 2.24) is 0 Å². The standard InChI is InChI=1S/C11H10BrClO6S/c1-17-10-8(12)2-6(3-9(10)20(13,15)16)11(14)19-7-4-18-5-7/h2-3,7H,4-5H2,1H3. The second-order valence-corrected chi connectivity index (χ2v) is 7.38. The molecule has 9 heteroatoms. The van der Waals surface area contributed by atoms with Crippen LogP contribution < -0.4 is 4.74 Å². The molecule has 0 unspecified atom stereocenters. The van der Waals surface area contributed by atoms with Crippen LogP contribution in [0, 0.1) is 0 Å². The smallest absolute Gasteiger partial charge is 0.338 e. The van der Waals surface area contributed by atoms with Crippen molar-refractivity contribution < 1.29 is 27.4 Å². The first-order valence-corrected chi connectivity index (χ1v) is 8.54. The van der Waals surface area contributed by atoms with E-state index in [0.29, 0.717) is 17.7 Å². The molecule has 2 rings (SSSR count). The summed E-state index contributed by atoms with van der Waals surface area (Å²) in [7, 11) is 2.58. The van der Waals surface area contributed by atoms with Gasteiger partial charge in [-0.25, -0.2) is 13.2 Å². The molecule has 0 aliphatic carbocycles. The molecule has 1 aliphatic rings. The molecule has 0 amide bonds. The Bertz CT molecular complexity index is 641. The third kappa shape index (κ3) is 3.25. The second kappa shape index (κ2) is 5.88. The lowest BCUT2D eigenvalue weighted by Gasteiger charge is -2.25. The van der Waals surface area contributed by atoms with E-state index in [9.17, 15) is 13.2 Å². The van der Waals surface area contributed by atoms with Gasteiger partial charge in [-0.1, -0.05) is 0 Å². The highest BCUT2D eigenvalue weighted by atomic mass is 79.9. The maximum Gasteiger partial charge on any atom is 0.338 e. The first kappa shape index (κ1) is 15.6. The second-order valence-electron chi connectivity index (χ2n) is 3.99. The number of benzene rings is 1. The van der Waals surface area contributed by atoms with Crippen LogP contribution in [0.3, 0.4) is 0 Å². The van der Waals surface area contributed by atoms with Gasteiger partial charge in [0.2, 0.25) is 0 Å². The summed E-state index contributed by atoms with van der Waals surface area (Å²) in [5, 5.41) is 0. The molecule has 1 aliphatic heterocycles. The van der Waals surface area contributed by atoms with Crippen LogP contribution >= 0.6 is 26.6 Å². The van der Waals surface area contributed by atoms with Crippen LogP contribution in [-0.2, 0) is 18.5 Å². The van der Waals surface area contributed by atoms with Crippen molar-refractivity contribution in [3.05, 3.63) is 22.2 Å². The Labute approximate surface area is 128 Å². The normalized spacial score (nSPS) is 15.6. The van der Waals surface area contributed by atoms with Crippen molar-refractivity contribution in [2.24, 2.45) is 0 Å². The quantitative estimate of drug-likeness (QED) is 0.582. The van der Waals surface area contributed by atoms with Crippen LogP contribution in [0.4, 0.5) is 0 Å². The molecule has 1 heterocycles. The molecule has 1 saturated heterocycles. The predicted octanol–water partition coefficient (Wildman–Crippen LogP) is 1.94. The van der Waals surface area contributed by atoms with Gasteiger partial charge in [-0.15, -0.1) is 0 Å². The maximum atomic E-state index is 11.9. The molecule has 1 aromatic rings. The van der Waals surface area contributed by atoms with Crippen LogP contribution in [0.5, 0.6) is 5.75 Å². The first-order valence-electron chi connectivity index (χ1n) is 5.44. The van der Waals surface area contributed by atoms with E-state index in [0.717, 1.165) is 6.07 Å². The summed E-state index contributed by atoms with van der Waals surface area (Å²) >= 11 is 3.14. The van der Waals surface area contributed by atoms with Gasteiger partial charge >= 0.3 is 5.97 Å². The van der Waals surface area contributed by atoms with Gasteiger partial charge in [0.25, 0.3) is 9.05 Å². The number of esters is 1. The van der Waals surface area contributed by atoms with E-state index in [1.807, 2.05) is 0 Å². The Kier molecular flexibility index (Phi) is 4.58. The van der Waals surface area contributed by atoms with E-state index in [1.165, 1.54) is 13.2 Å². The third-order valence-electron chi connectivity index (χ3n) is 2.59. The number of ether oxygens (including phenoxy) is 3. The largest absolute Gasteiger partial charge is 0.494 e. The highest BCUT2D eigenvalue weighted by molar-refractivity contribution is 9.10. The zero-order chi connectivity index (χ0) is 14.9. The third-order valence-corrected chi connectivity index (χ3v) is 4.51. The van der Waals surface area contributed by atoms with E-state index in [4.69, 9.17) is 24.9 Å². The highest BCUT2D eigenvalue weighted by Gasteiger charge is 2.26. The molecule has 0 spiro atoms. The van der Waals surface area contributed by atoms with Crippen LogP contribution in [0.15, 0.2) is 21.5 Å². The fourth-order valence-electron chi connectivity index (χ4n) is 1.57. The fraction of sp³-hybridized carbons (Fsp3) is 0.364. The molecule has 0 aromatic heterocycles. The summed E-state index contributed by atoms with van der Waals surface area (Å²) in [6.07, 6.45) is -0.306. The summed E-state index contributed by atoms with van der Waals surface area (Å²) in [6, 6.07) is 2.53. The van der Waals surface area contributed by atoms with Gasteiger partial charge < -0.3 is 14.2 Å². The fourth-order valence-corrected chi connectivity index (χ4v) is 3.35. The number of carbonyl (C=O) groups is 1. The number of halogens is 2. The van der Waals surface area contributed by atoms with E-state index in [2.05, 4.69) is 15.9 Å². The number of carbonyl (C=O) groups excluding carboxylic acids is 1. The predicted molar refractivity (Wildman–Crippen MR) is 73.8 cm³/mol. The Balaban J connectivity index is 2.39. The molecule has 0 saturated carbocycles. The average Bonchev–Trinajstić information content (AvgIpc) is 2.31. The molecule has 0 atom stereocenters. The van der Waals surface area contributed by atoms with Gasteiger partial charge in [0, 0.05) is 10.7 Å². The summed E-state index contributed by atoms with van der Waals surface area (Å²) in [5.41, 5.74) is 0.0591. The molecule has 0 bridgehead atoms. The average molecular weight is 386 g/mol. The molecule has 1 fully saturated rings. The lowest BCUT2D eigenvalue weighted by molar-refractivity contribution is -0.103. The van der Waals surface area contributed by atoms with E-state index < -0.39 is 15.0 Å². The van der Waals surface area contributed by atoms with Crippen LogP contribution in [0.25, 0.3) is 0 Å². The Morgan fingerprint density at radius 3 is 2.55 bits per heavy atom. The number of hydrogen-bond acceptors (Lipinski definition) is 6. The van der Waals surface area contributed by atoms with Crippen molar-refractivity contribution in [3.8, 4) is 5.75 Å². The Morgan fingerprint density at radius 2 is 2.10 bits per heavy atom. The Morgan fingerprint density at radius 1 is 1.45 bits per heavy atom. The SMILES string of the molecule is COc1c(Br)cc(C(=O)OC2COC2)cc1S(=O)(=O)Cl. The summed E-state index contributed by atoms with van der Waals surface area (Å²) < 4.78 is 38.3. The molecular formula is C11H10BrClO6S. The summed E-state index contributed by atoms with van der Waals surface area (Å²) in [4.78, 5) is 11.6. The number of hydrogen-bond donors (Lipinski definition) is 0. The van der Waals surface area contributed by atoms with Crippen LogP contribution in [-0.4, -0.2) is 40.8 Å². The number of methoxy groups -OCH3 is 1. The molecule has 20 heavy (non-hydrogen) atoms. The van der Waals surface area contributed by atoms with E-state index >= 15 is 0 Å². The molecule has 110 valence electrons. The monoisotopic (exact) mass is 384 g/mol. The molecule has 6 nitrogen and oxygen atoms in total. The molecule has 0 radical (unpaired) electrons. The minimum atomic E-state index is -4.06. The van der Waals surface area contributed by atoms with E-state index in [1.54, 1.807) is 0 Å². The molecule has 1 aromatic carbocycles. The van der Waals surface area contributed by atoms with Crippen LogP contribution in [0.1, 0.15) is 10.4 Å². The van der Waals surface area contributed by atoms with Gasteiger partial charge in [0.15, 0.2) is 5.75 Å². The van der Waals surface area contributed by atoms with Crippen molar-refractivity contribution in [1.29, 1.82) is 0 Å². The van der Waals surface area contributed by atoms with Crippen LogP contribution in [0.2, 0.25) is 0 Å². The van der Waals surface area contributed by atoms with Crippen molar-refractivity contribution >= 4 is 41.6 Å². The lowest BCUT2D eigenvalue weighted by Crippen LogP contribution is -2.37. The topological polar surface area (TPSA) is 78.9 Å². The van der Waals surface area contributed by atoms with Gasteiger partial charge in [-0.2, -0.15) is 0 Å². The minimum absolute atomic E-state index is 0.0310. The summed E-state index contributed by atoms with van der Waals surface area (Å²) in [6.45, 7) is 0.674. The van der Waals surface area contributed by atoms with E-state index in [-0.39, 0.29) is 22.3 Å². The summed E-state index contributed by atoms with van der Waals surface area (Å²) in [5.74, 6) is -0.619. The van der Waals surface area contributed by atoms with Gasteiger partial charge in [0.05, 0.1) is 30.4 Å². The zero-order valence-electron chi connectivity index (χ0n) is 10.3. The zero-order valence-corrected chi connectivity index (χ0v) is 13.4. The van der Waals surface area contributed by atoms with Gasteiger partial charge in [-0.05, 0) is 28.1 Å². The first-order chi connectivity index (χ1) is 9.32. The van der Waals surface area contributed by atoms with Crippen molar-refractivity contribution in [2.75, 3.05) is 20.3 Å². The maximum absolute atomic E-state index is 11.9. The van der Waals surface area contributed by atoms with Crippen molar-refractivity contribution in [3.63, 3.8) is 0 Å². The van der Waals surface area contributed by atoms with Gasteiger partial charge in [-0.3, -0.25) is 0 Å². The molecular weight excluding hydrogens is 376 g/mol. The lowest BCUT2D eigenvalue weighted by atomic mass is 10.2. The number of rotatable bonds is 4. The van der Waals surface area contributed by atoms with Crippen molar-refractivity contribution in [2.45, 2.75) is 11.0 Å². The highest BCUT2D eigenvalue weighted by Crippen LogP contribution is 2.35.